The third kappa shape index (κ3) is 1.87. The Morgan fingerprint density at radius 1 is 1.30 bits per heavy atom. The molecule has 0 aliphatic carbocycles. The number of rotatable bonds is 1. The summed E-state index contributed by atoms with van der Waals surface area (Å²) < 4.78 is 3.17. The smallest absolute Gasteiger partial charge is 0.265 e. The van der Waals surface area contributed by atoms with Crippen LogP contribution < -0.4 is 5.56 Å². The van der Waals surface area contributed by atoms with Crippen LogP contribution in [0, 0.1) is 0 Å². The largest absolute Gasteiger partial charge is 0.292 e. The van der Waals surface area contributed by atoms with Crippen molar-refractivity contribution in [3.8, 4) is 10.6 Å². The highest BCUT2D eigenvalue weighted by Gasteiger charge is 2.22. The summed E-state index contributed by atoms with van der Waals surface area (Å²) in [7, 11) is 1.68. The standard InChI is InChI=1S/C14H16N4OS/c1-14(2,3)18-12-9(8-15-18)11(10-6-5-7-20-10)16-17(4)13(12)19/h5-8H,1-4H3. The van der Waals surface area contributed by atoms with E-state index in [-0.39, 0.29) is 11.1 Å². The molecule has 104 valence electrons. The summed E-state index contributed by atoms with van der Waals surface area (Å²) in [5.74, 6) is 0. The molecule has 0 saturated carbocycles. The number of hydrogen-bond donors (Lipinski definition) is 0. The first kappa shape index (κ1) is 13.1. The fraction of sp³-hybridized carbons (Fsp3) is 0.357. The molecule has 0 fully saturated rings. The molecule has 0 N–H and O–H groups in total. The maximum Gasteiger partial charge on any atom is 0.292 e. The number of aromatic nitrogens is 4. The Kier molecular flexibility index (Phi) is 2.79. The van der Waals surface area contributed by atoms with Crippen LogP contribution in [0.15, 0.2) is 28.5 Å². The highest BCUT2D eigenvalue weighted by molar-refractivity contribution is 7.13. The van der Waals surface area contributed by atoms with Gasteiger partial charge in [-0.2, -0.15) is 10.2 Å². The van der Waals surface area contributed by atoms with Gasteiger partial charge < -0.3 is 0 Å². The maximum absolute atomic E-state index is 12.4. The highest BCUT2D eigenvalue weighted by Crippen LogP contribution is 2.29. The van der Waals surface area contributed by atoms with Crippen LogP contribution in [0.25, 0.3) is 21.5 Å². The molecule has 20 heavy (non-hydrogen) atoms. The van der Waals surface area contributed by atoms with Gasteiger partial charge in [-0.1, -0.05) is 6.07 Å². The van der Waals surface area contributed by atoms with E-state index in [9.17, 15) is 4.79 Å². The first-order valence-corrected chi connectivity index (χ1v) is 7.27. The molecular formula is C14H16N4OS. The van der Waals surface area contributed by atoms with Crippen molar-refractivity contribution in [2.45, 2.75) is 26.3 Å². The van der Waals surface area contributed by atoms with E-state index in [2.05, 4.69) is 10.2 Å². The predicted octanol–water partition coefficient (Wildman–Crippen LogP) is 2.61. The Labute approximate surface area is 120 Å². The minimum atomic E-state index is -0.248. The summed E-state index contributed by atoms with van der Waals surface area (Å²) in [6.45, 7) is 6.10. The topological polar surface area (TPSA) is 52.7 Å². The van der Waals surface area contributed by atoms with Crippen molar-refractivity contribution in [1.82, 2.24) is 19.6 Å². The first-order valence-electron chi connectivity index (χ1n) is 6.39. The van der Waals surface area contributed by atoms with E-state index in [1.54, 1.807) is 29.3 Å². The van der Waals surface area contributed by atoms with Crippen molar-refractivity contribution in [1.29, 1.82) is 0 Å². The molecule has 0 aliphatic rings. The number of hydrogen-bond acceptors (Lipinski definition) is 4. The Hall–Kier alpha value is -1.95. The molecule has 6 heteroatoms. The van der Waals surface area contributed by atoms with Crippen molar-refractivity contribution < 1.29 is 0 Å². The van der Waals surface area contributed by atoms with E-state index >= 15 is 0 Å². The van der Waals surface area contributed by atoms with E-state index in [4.69, 9.17) is 0 Å². The Morgan fingerprint density at radius 2 is 2.05 bits per heavy atom. The van der Waals surface area contributed by atoms with Gasteiger partial charge in [0.05, 0.1) is 22.0 Å². The second kappa shape index (κ2) is 4.28. The molecule has 0 radical (unpaired) electrons. The van der Waals surface area contributed by atoms with Crippen LogP contribution in [0.4, 0.5) is 0 Å². The molecule has 0 aliphatic heterocycles. The van der Waals surface area contributed by atoms with Gasteiger partial charge in [0.1, 0.15) is 11.2 Å². The minimum Gasteiger partial charge on any atom is -0.265 e. The van der Waals surface area contributed by atoms with E-state index < -0.39 is 0 Å². The molecule has 0 amide bonds. The summed E-state index contributed by atoms with van der Waals surface area (Å²) in [5, 5.41) is 11.6. The van der Waals surface area contributed by atoms with Gasteiger partial charge in [-0.15, -0.1) is 11.3 Å². The number of nitrogens with zero attached hydrogens (tertiary/aromatic N) is 4. The zero-order valence-electron chi connectivity index (χ0n) is 11.9. The zero-order valence-corrected chi connectivity index (χ0v) is 12.7. The lowest BCUT2D eigenvalue weighted by Crippen LogP contribution is -2.29. The number of fused-ring (bicyclic) bond motifs is 1. The van der Waals surface area contributed by atoms with Crippen molar-refractivity contribution in [2.24, 2.45) is 7.05 Å². The van der Waals surface area contributed by atoms with Crippen molar-refractivity contribution in [3.63, 3.8) is 0 Å². The lowest BCUT2D eigenvalue weighted by molar-refractivity contribution is 0.366. The fourth-order valence-corrected chi connectivity index (χ4v) is 2.96. The summed E-state index contributed by atoms with van der Waals surface area (Å²) >= 11 is 1.61. The summed E-state index contributed by atoms with van der Waals surface area (Å²) in [6, 6.07) is 3.98. The summed E-state index contributed by atoms with van der Waals surface area (Å²) in [5.41, 5.74) is 1.06. The quantitative estimate of drug-likeness (QED) is 0.691. The highest BCUT2D eigenvalue weighted by atomic mass is 32.1. The van der Waals surface area contributed by atoms with Crippen LogP contribution >= 0.6 is 11.3 Å². The molecule has 3 heterocycles. The van der Waals surface area contributed by atoms with Gasteiger partial charge in [-0.05, 0) is 32.2 Å². The van der Waals surface area contributed by atoms with E-state index in [0.29, 0.717) is 5.52 Å². The Balaban J connectivity index is 2.44. The lowest BCUT2D eigenvalue weighted by Gasteiger charge is -2.20. The Bertz CT molecular complexity index is 821. The molecule has 0 saturated heterocycles. The van der Waals surface area contributed by atoms with Crippen LogP contribution in [0.5, 0.6) is 0 Å². The SMILES string of the molecule is Cn1nc(-c2cccs2)c2cnn(C(C)(C)C)c2c1=O. The van der Waals surface area contributed by atoms with Crippen molar-refractivity contribution >= 4 is 22.2 Å². The van der Waals surface area contributed by atoms with Crippen LogP contribution in [0.2, 0.25) is 0 Å². The predicted molar refractivity (Wildman–Crippen MR) is 81.1 cm³/mol. The molecule has 3 aromatic rings. The maximum atomic E-state index is 12.4. The van der Waals surface area contributed by atoms with Crippen molar-refractivity contribution in [2.75, 3.05) is 0 Å². The Morgan fingerprint density at radius 3 is 2.65 bits per heavy atom. The molecule has 0 atom stereocenters. The van der Waals surface area contributed by atoms with Gasteiger partial charge in [0.15, 0.2) is 0 Å². The van der Waals surface area contributed by atoms with Gasteiger partial charge in [0.25, 0.3) is 5.56 Å². The van der Waals surface area contributed by atoms with E-state index in [0.717, 1.165) is 16.0 Å². The zero-order chi connectivity index (χ0) is 14.5. The molecule has 0 spiro atoms. The third-order valence-electron chi connectivity index (χ3n) is 3.16. The monoisotopic (exact) mass is 288 g/mol. The van der Waals surface area contributed by atoms with Crippen LogP contribution in [-0.4, -0.2) is 19.6 Å². The molecule has 0 bridgehead atoms. The second-order valence-electron chi connectivity index (χ2n) is 5.74. The van der Waals surface area contributed by atoms with Gasteiger partial charge in [0.2, 0.25) is 0 Å². The molecule has 3 rings (SSSR count). The van der Waals surface area contributed by atoms with Gasteiger partial charge in [-0.25, -0.2) is 4.68 Å². The lowest BCUT2D eigenvalue weighted by atomic mass is 10.1. The average Bonchev–Trinajstić information content (AvgIpc) is 3.01. The van der Waals surface area contributed by atoms with Crippen LogP contribution in [0.1, 0.15) is 20.8 Å². The minimum absolute atomic E-state index is 0.118. The molecule has 5 nitrogen and oxygen atoms in total. The fourth-order valence-electron chi connectivity index (χ4n) is 2.23. The number of thiophene rings is 1. The van der Waals surface area contributed by atoms with Gasteiger partial charge in [0, 0.05) is 7.05 Å². The normalized spacial score (nSPS) is 12.2. The third-order valence-corrected chi connectivity index (χ3v) is 4.04. The second-order valence-corrected chi connectivity index (χ2v) is 6.69. The first-order chi connectivity index (χ1) is 9.39. The molecule has 3 aromatic heterocycles. The molecule has 0 aromatic carbocycles. The number of aryl methyl sites for hydroxylation is 1. The summed E-state index contributed by atoms with van der Waals surface area (Å²) in [4.78, 5) is 13.5. The van der Waals surface area contributed by atoms with Gasteiger partial charge >= 0.3 is 0 Å². The van der Waals surface area contributed by atoms with Gasteiger partial charge in [-0.3, -0.25) is 9.48 Å². The molecular weight excluding hydrogens is 272 g/mol. The van der Waals surface area contributed by atoms with Crippen LogP contribution in [-0.2, 0) is 12.6 Å². The average molecular weight is 288 g/mol. The van der Waals surface area contributed by atoms with Crippen LogP contribution in [0.3, 0.4) is 0 Å². The summed E-state index contributed by atoms with van der Waals surface area (Å²) in [6.07, 6.45) is 1.74. The van der Waals surface area contributed by atoms with E-state index in [1.165, 1.54) is 4.68 Å². The van der Waals surface area contributed by atoms with E-state index in [1.807, 2.05) is 38.3 Å². The van der Waals surface area contributed by atoms with Crippen molar-refractivity contribution in [3.05, 3.63) is 34.1 Å². The molecule has 0 unspecified atom stereocenters.